The van der Waals surface area contributed by atoms with Crippen LogP contribution in [0.4, 0.5) is 0 Å². The minimum atomic E-state index is -1.48. The van der Waals surface area contributed by atoms with E-state index < -0.39 is 35.4 Å². The molecule has 1 heterocycles. The summed E-state index contributed by atoms with van der Waals surface area (Å²) < 4.78 is 1.23. The lowest BCUT2D eigenvalue weighted by atomic mass is 9.83. The third-order valence-corrected chi connectivity index (χ3v) is 3.92. The van der Waals surface area contributed by atoms with Crippen LogP contribution in [0.1, 0.15) is 18.0 Å². The van der Waals surface area contributed by atoms with E-state index >= 15 is 0 Å². The molecular formula is C13H15N3O4. The van der Waals surface area contributed by atoms with Crippen molar-refractivity contribution in [1.82, 2.24) is 9.55 Å². The molecule has 3 atom stereocenters. The molecule has 0 aliphatic heterocycles. The van der Waals surface area contributed by atoms with E-state index in [9.17, 15) is 25.1 Å². The normalized spacial score (nSPS) is 29.4. The summed E-state index contributed by atoms with van der Waals surface area (Å²) in [5, 5.41) is 28.6. The van der Waals surface area contributed by atoms with E-state index in [1.165, 1.54) is 10.8 Å². The molecule has 1 saturated carbocycles. The quantitative estimate of drug-likeness (QED) is 0.612. The Morgan fingerprint density at radius 2 is 2.30 bits per heavy atom. The van der Waals surface area contributed by atoms with Crippen LogP contribution in [-0.2, 0) is 0 Å². The smallest absolute Gasteiger partial charge is 0.328 e. The second kappa shape index (κ2) is 4.74. The molecule has 3 N–H and O–H groups in total. The lowest BCUT2D eigenvalue weighted by Crippen LogP contribution is -2.35. The lowest BCUT2D eigenvalue weighted by molar-refractivity contribution is 0.0622. The summed E-state index contributed by atoms with van der Waals surface area (Å²) in [5.74, 6) is 0. The summed E-state index contributed by atoms with van der Waals surface area (Å²) >= 11 is 0. The first-order valence-electron chi connectivity index (χ1n) is 6.09. The molecule has 1 aromatic rings. The van der Waals surface area contributed by atoms with Crippen molar-refractivity contribution < 1.29 is 10.2 Å². The topological polar surface area (TPSA) is 119 Å². The Kier molecular flexibility index (Phi) is 3.38. The van der Waals surface area contributed by atoms with Crippen LogP contribution in [0.3, 0.4) is 0 Å². The molecule has 1 aliphatic carbocycles. The predicted molar refractivity (Wildman–Crippen MR) is 70.0 cm³/mol. The fourth-order valence-electron chi connectivity index (χ4n) is 2.55. The molecule has 7 heteroatoms. The molecule has 0 spiro atoms. The van der Waals surface area contributed by atoms with E-state index in [1.807, 2.05) is 6.07 Å². The van der Waals surface area contributed by atoms with Crippen molar-refractivity contribution in [2.24, 2.45) is 5.41 Å². The van der Waals surface area contributed by atoms with Gasteiger partial charge in [0.2, 0.25) is 0 Å². The Bertz CT molecular complexity index is 712. The highest BCUT2D eigenvalue weighted by Gasteiger charge is 2.51. The molecule has 1 fully saturated rings. The van der Waals surface area contributed by atoms with Gasteiger partial charge in [-0.2, -0.15) is 5.26 Å². The largest absolute Gasteiger partial charge is 0.394 e. The second-order valence-corrected chi connectivity index (χ2v) is 5.01. The second-order valence-electron chi connectivity index (χ2n) is 5.01. The van der Waals surface area contributed by atoms with Crippen molar-refractivity contribution in [3.05, 3.63) is 44.8 Å². The van der Waals surface area contributed by atoms with Crippen LogP contribution >= 0.6 is 0 Å². The number of aromatic nitrogens is 2. The number of nitriles is 1. The summed E-state index contributed by atoms with van der Waals surface area (Å²) in [7, 11) is 0. The third kappa shape index (κ3) is 1.81. The van der Waals surface area contributed by atoms with Gasteiger partial charge in [0, 0.05) is 18.2 Å². The first-order valence-corrected chi connectivity index (χ1v) is 6.09. The van der Waals surface area contributed by atoms with Crippen LogP contribution in [0.2, 0.25) is 0 Å². The van der Waals surface area contributed by atoms with E-state index in [-0.39, 0.29) is 12.0 Å². The minimum absolute atomic E-state index is 0.0817. The number of aliphatic hydroxyl groups excluding tert-OH is 2. The van der Waals surface area contributed by atoms with E-state index in [0.717, 1.165) is 0 Å². The van der Waals surface area contributed by atoms with Crippen molar-refractivity contribution in [2.75, 3.05) is 6.61 Å². The van der Waals surface area contributed by atoms with Gasteiger partial charge in [-0.1, -0.05) is 6.58 Å². The monoisotopic (exact) mass is 277 g/mol. The SMILES string of the molecule is C=C1[C@@H](n2cc(C)c(=O)[nH]c2=O)C[C@H](O)[C@@]1(C#N)CO. The van der Waals surface area contributed by atoms with Crippen molar-refractivity contribution in [1.29, 1.82) is 5.26 Å². The predicted octanol–water partition coefficient (Wildman–Crippen LogP) is -0.791. The highest BCUT2D eigenvalue weighted by molar-refractivity contribution is 5.33. The summed E-state index contributed by atoms with van der Waals surface area (Å²) in [5.41, 5.74) is -1.99. The van der Waals surface area contributed by atoms with Gasteiger partial charge in [0.15, 0.2) is 0 Å². The molecular weight excluding hydrogens is 262 g/mol. The zero-order valence-electron chi connectivity index (χ0n) is 11.0. The van der Waals surface area contributed by atoms with Gasteiger partial charge in [0.25, 0.3) is 5.56 Å². The first kappa shape index (κ1) is 14.2. The van der Waals surface area contributed by atoms with E-state index in [0.29, 0.717) is 5.56 Å². The molecule has 1 aromatic heterocycles. The van der Waals surface area contributed by atoms with Gasteiger partial charge in [-0.05, 0) is 12.5 Å². The molecule has 2 rings (SSSR count). The fraction of sp³-hybridized carbons (Fsp3) is 0.462. The van der Waals surface area contributed by atoms with Crippen molar-refractivity contribution >= 4 is 0 Å². The number of aliphatic hydroxyl groups is 2. The number of H-pyrrole nitrogens is 1. The molecule has 0 radical (unpaired) electrons. The van der Waals surface area contributed by atoms with Gasteiger partial charge in [-0.3, -0.25) is 14.3 Å². The zero-order chi connectivity index (χ0) is 15.1. The van der Waals surface area contributed by atoms with Crippen LogP contribution in [-0.4, -0.2) is 32.5 Å². The van der Waals surface area contributed by atoms with E-state index in [2.05, 4.69) is 11.6 Å². The molecule has 0 amide bonds. The van der Waals surface area contributed by atoms with Gasteiger partial charge >= 0.3 is 5.69 Å². The van der Waals surface area contributed by atoms with Crippen LogP contribution in [0, 0.1) is 23.7 Å². The minimum Gasteiger partial charge on any atom is -0.394 e. The number of nitrogens with one attached hydrogen (secondary N) is 1. The Morgan fingerprint density at radius 3 is 2.80 bits per heavy atom. The van der Waals surface area contributed by atoms with Gasteiger partial charge in [0.05, 0.1) is 24.8 Å². The molecule has 20 heavy (non-hydrogen) atoms. The van der Waals surface area contributed by atoms with Crippen LogP contribution in [0.15, 0.2) is 27.9 Å². The highest BCUT2D eigenvalue weighted by Crippen LogP contribution is 2.47. The van der Waals surface area contributed by atoms with Crippen LogP contribution in [0.5, 0.6) is 0 Å². The number of hydrogen-bond acceptors (Lipinski definition) is 5. The Balaban J connectivity index is 2.55. The molecule has 1 aliphatic rings. The van der Waals surface area contributed by atoms with Crippen LogP contribution < -0.4 is 11.2 Å². The van der Waals surface area contributed by atoms with Gasteiger partial charge in [-0.15, -0.1) is 0 Å². The number of aromatic amines is 1. The van der Waals surface area contributed by atoms with Crippen molar-refractivity contribution in [3.8, 4) is 6.07 Å². The summed E-state index contributed by atoms with van der Waals surface area (Å²) in [6.07, 6.45) is 0.335. The number of aryl methyl sites for hydroxylation is 1. The van der Waals surface area contributed by atoms with Crippen LogP contribution in [0.25, 0.3) is 0 Å². The van der Waals surface area contributed by atoms with E-state index in [1.54, 1.807) is 6.92 Å². The summed E-state index contributed by atoms with van der Waals surface area (Å²) in [6.45, 7) is 4.73. The first-order chi connectivity index (χ1) is 9.37. The Hall–Kier alpha value is -2.17. The van der Waals surface area contributed by atoms with Gasteiger partial charge in [-0.25, -0.2) is 4.79 Å². The molecule has 7 nitrogen and oxygen atoms in total. The molecule has 0 aromatic carbocycles. The van der Waals surface area contributed by atoms with Crippen molar-refractivity contribution in [3.63, 3.8) is 0 Å². The standard InChI is InChI=1S/C13H15N3O4/c1-7-4-16(12(20)15-11(7)19)9-3-10(18)13(5-14,6-17)8(9)2/h4,9-10,17-18H,2-3,6H2,1H3,(H,15,19,20)/t9-,10-,13-/m0/s1. The number of rotatable bonds is 2. The average molecular weight is 277 g/mol. The van der Waals surface area contributed by atoms with Crippen molar-refractivity contribution in [2.45, 2.75) is 25.5 Å². The zero-order valence-corrected chi connectivity index (χ0v) is 11.0. The molecule has 0 saturated heterocycles. The maximum atomic E-state index is 11.9. The Morgan fingerprint density at radius 1 is 1.65 bits per heavy atom. The fourth-order valence-corrected chi connectivity index (χ4v) is 2.55. The summed E-state index contributed by atoms with van der Waals surface area (Å²) in [4.78, 5) is 25.4. The maximum Gasteiger partial charge on any atom is 0.328 e. The molecule has 0 unspecified atom stereocenters. The third-order valence-electron chi connectivity index (χ3n) is 3.92. The number of hydrogen-bond donors (Lipinski definition) is 3. The summed E-state index contributed by atoms with van der Waals surface area (Å²) in [6, 6.07) is 1.25. The molecule has 0 bridgehead atoms. The number of nitrogens with zero attached hydrogens (tertiary/aromatic N) is 2. The maximum absolute atomic E-state index is 11.9. The Labute approximate surface area is 114 Å². The average Bonchev–Trinajstić information content (AvgIpc) is 2.66. The highest BCUT2D eigenvalue weighted by atomic mass is 16.3. The van der Waals surface area contributed by atoms with Gasteiger partial charge < -0.3 is 10.2 Å². The van der Waals surface area contributed by atoms with E-state index in [4.69, 9.17) is 0 Å². The lowest BCUT2D eigenvalue weighted by Gasteiger charge is -2.24. The molecule has 106 valence electrons. The van der Waals surface area contributed by atoms with Gasteiger partial charge in [0.1, 0.15) is 5.41 Å².